The molecule has 0 bridgehead atoms. The Morgan fingerprint density at radius 1 is 1.44 bits per heavy atom. The van der Waals surface area contributed by atoms with Crippen LogP contribution in [0.15, 0.2) is 24.7 Å². The zero-order valence-electron chi connectivity index (χ0n) is 12.8. The molecule has 0 fully saturated rings. The number of carbonyl (C=O) groups is 1. The summed E-state index contributed by atoms with van der Waals surface area (Å²) in [6.45, 7) is 1.79. The molecule has 0 aliphatic rings. The van der Waals surface area contributed by atoms with Crippen molar-refractivity contribution in [1.82, 2.24) is 30.2 Å². The molecule has 0 saturated carbocycles. The predicted octanol–water partition coefficient (Wildman–Crippen LogP) is 2.57. The summed E-state index contributed by atoms with van der Waals surface area (Å²) < 4.78 is 40.1. The number of aromatic nitrogens is 6. The smallest absolute Gasteiger partial charge is 0.300 e. The summed E-state index contributed by atoms with van der Waals surface area (Å²) in [6.07, 6.45) is -1.48. The van der Waals surface area contributed by atoms with Gasteiger partial charge in [0.15, 0.2) is 11.0 Å². The normalized spacial score (nSPS) is 13.0. The molecule has 3 heterocycles. The molecule has 8 nitrogen and oxygen atoms in total. The molecule has 12 heteroatoms. The molecular weight excluding hydrogens is 359 g/mol. The van der Waals surface area contributed by atoms with E-state index in [9.17, 15) is 18.0 Å². The molecule has 2 N–H and O–H groups in total. The zero-order valence-corrected chi connectivity index (χ0v) is 13.6. The van der Waals surface area contributed by atoms with Gasteiger partial charge in [0.25, 0.3) is 0 Å². The first-order chi connectivity index (χ1) is 11.8. The van der Waals surface area contributed by atoms with Gasteiger partial charge in [-0.1, -0.05) is 11.3 Å². The van der Waals surface area contributed by atoms with E-state index >= 15 is 0 Å². The highest BCUT2D eigenvalue weighted by atomic mass is 32.1. The molecule has 0 spiro atoms. The topological polar surface area (TPSA) is 101 Å². The van der Waals surface area contributed by atoms with Crippen LogP contribution in [0.3, 0.4) is 0 Å². The summed E-state index contributed by atoms with van der Waals surface area (Å²) in [5, 5.41) is 20.8. The molecule has 0 aliphatic carbocycles. The van der Waals surface area contributed by atoms with Crippen LogP contribution in [0.25, 0.3) is 10.6 Å². The molecule has 0 aromatic carbocycles. The van der Waals surface area contributed by atoms with Gasteiger partial charge in [0.05, 0.1) is 18.2 Å². The molecule has 1 atom stereocenters. The molecule has 25 heavy (non-hydrogen) atoms. The van der Waals surface area contributed by atoms with Crippen molar-refractivity contribution in [2.24, 2.45) is 0 Å². The molecule has 1 amide bonds. The van der Waals surface area contributed by atoms with Crippen LogP contribution in [0, 0.1) is 6.92 Å². The number of alkyl halides is 3. The van der Waals surface area contributed by atoms with Gasteiger partial charge in [-0.05, 0) is 13.0 Å². The van der Waals surface area contributed by atoms with Gasteiger partial charge in [0, 0.05) is 18.1 Å². The lowest BCUT2D eigenvalue weighted by atomic mass is 10.2. The van der Waals surface area contributed by atoms with Crippen molar-refractivity contribution in [2.45, 2.75) is 25.6 Å². The molecule has 1 unspecified atom stereocenters. The van der Waals surface area contributed by atoms with Crippen molar-refractivity contribution in [3.8, 4) is 10.6 Å². The zero-order chi connectivity index (χ0) is 18.0. The van der Waals surface area contributed by atoms with Gasteiger partial charge in [-0.2, -0.15) is 23.4 Å². The summed E-state index contributed by atoms with van der Waals surface area (Å²) >= 11 is 1.05. The Morgan fingerprint density at radius 2 is 2.24 bits per heavy atom. The first kappa shape index (κ1) is 17.1. The minimum Gasteiger partial charge on any atom is -0.300 e. The molecule has 0 saturated heterocycles. The number of aryl methyl sites for hydroxylation is 1. The van der Waals surface area contributed by atoms with E-state index in [0.29, 0.717) is 15.3 Å². The first-order valence-corrected chi connectivity index (χ1v) is 7.86. The Morgan fingerprint density at radius 3 is 2.84 bits per heavy atom. The highest BCUT2D eigenvalue weighted by molar-refractivity contribution is 7.18. The lowest BCUT2D eigenvalue weighted by Gasteiger charge is -2.19. The Bertz CT molecular complexity index is 855. The fourth-order valence-electron chi connectivity index (χ4n) is 2.12. The van der Waals surface area contributed by atoms with Crippen LogP contribution >= 0.6 is 11.3 Å². The number of nitrogens with one attached hydrogen (secondary N) is 2. The fourth-order valence-corrected chi connectivity index (χ4v) is 2.95. The predicted molar refractivity (Wildman–Crippen MR) is 82.8 cm³/mol. The van der Waals surface area contributed by atoms with Crippen molar-refractivity contribution in [3.05, 3.63) is 30.4 Å². The van der Waals surface area contributed by atoms with Crippen LogP contribution in [0.4, 0.5) is 18.3 Å². The second kappa shape index (κ2) is 6.63. The Kier molecular flexibility index (Phi) is 4.53. The SMILES string of the molecule is Cc1[nH]ncc1-c1nnc(NC(=O)CC(n2cccn2)C(F)(F)F)s1. The van der Waals surface area contributed by atoms with Crippen LogP contribution < -0.4 is 5.32 Å². The molecule has 3 aromatic rings. The van der Waals surface area contributed by atoms with E-state index in [2.05, 4.69) is 30.8 Å². The van der Waals surface area contributed by atoms with E-state index in [1.807, 2.05) is 0 Å². The van der Waals surface area contributed by atoms with Gasteiger partial charge >= 0.3 is 6.18 Å². The maximum absolute atomic E-state index is 13.1. The number of carbonyl (C=O) groups excluding carboxylic acids is 1. The fraction of sp³-hybridized carbons (Fsp3) is 0.308. The molecule has 0 radical (unpaired) electrons. The maximum Gasteiger partial charge on any atom is 0.411 e. The van der Waals surface area contributed by atoms with E-state index in [1.165, 1.54) is 12.3 Å². The number of hydrogen-bond donors (Lipinski definition) is 2. The van der Waals surface area contributed by atoms with Gasteiger partial charge in [0.1, 0.15) is 0 Å². The number of amides is 1. The van der Waals surface area contributed by atoms with Crippen molar-refractivity contribution < 1.29 is 18.0 Å². The van der Waals surface area contributed by atoms with Gasteiger partial charge < -0.3 is 5.32 Å². The van der Waals surface area contributed by atoms with E-state index in [4.69, 9.17) is 0 Å². The largest absolute Gasteiger partial charge is 0.411 e. The minimum atomic E-state index is -4.61. The number of anilines is 1. The molecule has 3 rings (SSSR count). The number of hydrogen-bond acceptors (Lipinski definition) is 6. The number of halogens is 3. The van der Waals surface area contributed by atoms with E-state index in [1.54, 1.807) is 13.1 Å². The van der Waals surface area contributed by atoms with E-state index < -0.39 is 24.5 Å². The molecule has 132 valence electrons. The lowest BCUT2D eigenvalue weighted by Crippen LogP contribution is -2.31. The van der Waals surface area contributed by atoms with Gasteiger partial charge in [0.2, 0.25) is 11.0 Å². The monoisotopic (exact) mass is 371 g/mol. The van der Waals surface area contributed by atoms with E-state index in [-0.39, 0.29) is 5.13 Å². The third-order valence-electron chi connectivity index (χ3n) is 3.33. The number of aromatic amines is 1. The Balaban J connectivity index is 1.70. The average molecular weight is 371 g/mol. The van der Waals surface area contributed by atoms with Crippen molar-refractivity contribution >= 4 is 22.4 Å². The Labute approximate surface area is 143 Å². The number of nitrogens with zero attached hydrogens (tertiary/aromatic N) is 5. The lowest BCUT2D eigenvalue weighted by molar-refractivity contribution is -0.174. The van der Waals surface area contributed by atoms with Gasteiger partial charge in [-0.3, -0.25) is 14.6 Å². The summed E-state index contributed by atoms with van der Waals surface area (Å²) in [4.78, 5) is 12.0. The van der Waals surface area contributed by atoms with Crippen molar-refractivity contribution in [3.63, 3.8) is 0 Å². The first-order valence-electron chi connectivity index (χ1n) is 7.04. The van der Waals surface area contributed by atoms with Crippen LogP contribution in [-0.4, -0.2) is 42.3 Å². The second-order valence-corrected chi connectivity index (χ2v) is 6.09. The molecular formula is C13H12F3N7OS. The standard InChI is InChI=1S/C13H12F3N7OS/c1-7-8(6-17-20-7)11-21-22-12(25-11)19-10(24)5-9(13(14,15)16)23-4-2-3-18-23/h2-4,6,9H,5H2,1H3,(H,17,20)(H,19,22,24). The third-order valence-corrected chi connectivity index (χ3v) is 4.20. The van der Waals surface area contributed by atoms with Crippen LogP contribution in [-0.2, 0) is 4.79 Å². The van der Waals surface area contributed by atoms with Crippen LogP contribution in [0.1, 0.15) is 18.2 Å². The van der Waals surface area contributed by atoms with Gasteiger partial charge in [-0.25, -0.2) is 0 Å². The molecule has 0 aliphatic heterocycles. The van der Waals surface area contributed by atoms with E-state index in [0.717, 1.165) is 23.2 Å². The third kappa shape index (κ3) is 3.84. The van der Waals surface area contributed by atoms with Crippen molar-refractivity contribution in [2.75, 3.05) is 5.32 Å². The quantitative estimate of drug-likeness (QED) is 0.718. The molecule has 3 aromatic heterocycles. The number of H-pyrrole nitrogens is 1. The highest BCUT2D eigenvalue weighted by Crippen LogP contribution is 2.33. The average Bonchev–Trinajstić information content (AvgIpc) is 3.24. The van der Waals surface area contributed by atoms with Crippen LogP contribution in [0.5, 0.6) is 0 Å². The summed E-state index contributed by atoms with van der Waals surface area (Å²) in [5.41, 5.74) is 1.48. The van der Waals surface area contributed by atoms with Crippen molar-refractivity contribution in [1.29, 1.82) is 0 Å². The van der Waals surface area contributed by atoms with Gasteiger partial charge in [-0.15, -0.1) is 10.2 Å². The highest BCUT2D eigenvalue weighted by Gasteiger charge is 2.42. The second-order valence-electron chi connectivity index (χ2n) is 5.12. The summed E-state index contributed by atoms with van der Waals surface area (Å²) in [7, 11) is 0. The summed E-state index contributed by atoms with van der Waals surface area (Å²) in [6, 6.07) is -0.688. The minimum absolute atomic E-state index is 0.113. The summed E-state index contributed by atoms with van der Waals surface area (Å²) in [5.74, 6) is -0.829. The van der Waals surface area contributed by atoms with Crippen LogP contribution in [0.2, 0.25) is 0 Å². The number of rotatable bonds is 5. The Hall–Kier alpha value is -2.76. The maximum atomic E-state index is 13.1.